The zero-order valence-electron chi connectivity index (χ0n) is 14.9. The van der Waals surface area contributed by atoms with Gasteiger partial charge in [0, 0.05) is 11.5 Å². The Balaban J connectivity index is 5.42. The Morgan fingerprint density at radius 2 is 1.07 bits per heavy atom. The van der Waals surface area contributed by atoms with Gasteiger partial charge in [-0.05, 0) is 0 Å². The zero-order chi connectivity index (χ0) is 22.7. The highest BCUT2D eigenvalue weighted by atomic mass is 32.1. The van der Waals surface area contributed by atoms with Crippen LogP contribution < -0.4 is 21.7 Å². The molecule has 8 N–H and O–H groups in total. The van der Waals surface area contributed by atoms with Gasteiger partial charge in [0.05, 0.1) is 18.9 Å². The fourth-order valence-electron chi connectivity index (χ4n) is 1.86. The summed E-state index contributed by atoms with van der Waals surface area (Å²) in [7, 11) is 0. The molecule has 15 heteroatoms. The molecule has 0 heterocycles. The predicted octanol–water partition coefficient (Wildman–Crippen LogP) is -3.34. The van der Waals surface area contributed by atoms with E-state index in [0.717, 1.165) is 0 Å². The molecule has 0 radical (unpaired) electrons. The number of hydrogen-bond donors (Lipinski definition) is 9. The first kappa shape index (κ1) is 26.5. The highest BCUT2D eigenvalue weighted by Gasteiger charge is 2.32. The highest BCUT2D eigenvalue weighted by Crippen LogP contribution is 2.01. The third-order valence-electron chi connectivity index (χ3n) is 3.35. The molecule has 0 bridgehead atoms. The molecule has 4 atom stereocenters. The van der Waals surface area contributed by atoms with Crippen LogP contribution in [0.5, 0.6) is 0 Å². The zero-order valence-corrected chi connectivity index (χ0v) is 16.7. The van der Waals surface area contributed by atoms with Gasteiger partial charge in [-0.25, -0.2) is 4.79 Å². The van der Waals surface area contributed by atoms with Crippen LogP contribution in [-0.4, -0.2) is 86.6 Å². The van der Waals surface area contributed by atoms with E-state index in [1.54, 1.807) is 0 Å². The van der Waals surface area contributed by atoms with Gasteiger partial charge in [-0.1, -0.05) is 0 Å². The SMILES string of the molecule is NC(CS)C(=O)NC(CC(=O)O)C(=O)NC(CC(=O)O)C(=O)NC(CS)C(=O)O. The van der Waals surface area contributed by atoms with Crippen molar-refractivity contribution in [2.75, 3.05) is 11.5 Å². The van der Waals surface area contributed by atoms with E-state index in [4.69, 9.17) is 21.1 Å². The lowest BCUT2D eigenvalue weighted by molar-refractivity contribution is -0.144. The van der Waals surface area contributed by atoms with Crippen LogP contribution >= 0.6 is 25.3 Å². The maximum atomic E-state index is 12.4. The van der Waals surface area contributed by atoms with Crippen molar-refractivity contribution in [2.24, 2.45) is 5.73 Å². The van der Waals surface area contributed by atoms with Crippen molar-refractivity contribution in [3.8, 4) is 0 Å². The van der Waals surface area contributed by atoms with Crippen molar-refractivity contribution >= 4 is 60.9 Å². The van der Waals surface area contributed by atoms with Crippen molar-refractivity contribution < 1.29 is 44.1 Å². The number of rotatable bonds is 13. The summed E-state index contributed by atoms with van der Waals surface area (Å²) in [6.45, 7) is 0. The summed E-state index contributed by atoms with van der Waals surface area (Å²) in [4.78, 5) is 69.3. The second kappa shape index (κ2) is 12.8. The van der Waals surface area contributed by atoms with Crippen LogP contribution in [0.2, 0.25) is 0 Å². The van der Waals surface area contributed by atoms with Gasteiger partial charge in [0.1, 0.15) is 18.1 Å². The number of carbonyl (C=O) groups is 6. The smallest absolute Gasteiger partial charge is 0.327 e. The Kier molecular flexibility index (Phi) is 11.7. The number of aliphatic carboxylic acids is 3. The Labute approximate surface area is 175 Å². The molecule has 0 aromatic carbocycles. The maximum absolute atomic E-state index is 12.4. The van der Waals surface area contributed by atoms with Gasteiger partial charge in [0.15, 0.2) is 0 Å². The standard InChI is InChI=1S/C14H22N4O9S2/c15-5(3-28)11(23)16-6(1-9(19)20)12(24)17-7(2-10(21)22)13(25)18-8(4-29)14(26)27/h5-8,28-29H,1-4,15H2,(H,16,23)(H,17,24)(H,18,25)(H,19,20)(H,21,22)(H,26,27). The summed E-state index contributed by atoms with van der Waals surface area (Å²) in [5, 5.41) is 32.8. The quantitative estimate of drug-likeness (QED) is 0.126. The summed E-state index contributed by atoms with van der Waals surface area (Å²) in [5.74, 6) is -8.02. The first-order chi connectivity index (χ1) is 13.4. The van der Waals surface area contributed by atoms with E-state index in [2.05, 4.69) is 30.6 Å². The molecule has 164 valence electrons. The minimum absolute atomic E-state index is 0.0996. The average Bonchev–Trinajstić information content (AvgIpc) is 2.62. The van der Waals surface area contributed by atoms with Crippen molar-refractivity contribution in [1.29, 1.82) is 0 Å². The second-order valence-electron chi connectivity index (χ2n) is 5.69. The molecule has 13 nitrogen and oxygen atoms in total. The molecular formula is C14H22N4O9S2. The van der Waals surface area contributed by atoms with Gasteiger partial charge in [0.2, 0.25) is 17.7 Å². The van der Waals surface area contributed by atoms with Crippen LogP contribution in [0.15, 0.2) is 0 Å². The van der Waals surface area contributed by atoms with Gasteiger partial charge >= 0.3 is 17.9 Å². The second-order valence-corrected chi connectivity index (χ2v) is 6.42. The third kappa shape index (κ3) is 10.00. The van der Waals surface area contributed by atoms with Crippen LogP contribution in [-0.2, 0) is 28.8 Å². The fraction of sp³-hybridized carbons (Fsp3) is 0.571. The van der Waals surface area contributed by atoms with Crippen molar-refractivity contribution in [1.82, 2.24) is 16.0 Å². The van der Waals surface area contributed by atoms with Gasteiger partial charge < -0.3 is 37.0 Å². The van der Waals surface area contributed by atoms with Gasteiger partial charge in [-0.15, -0.1) is 0 Å². The molecule has 0 spiro atoms. The number of nitrogens with one attached hydrogen (secondary N) is 3. The molecule has 0 aromatic heterocycles. The molecule has 0 saturated heterocycles. The summed E-state index contributed by atoms with van der Waals surface area (Å²) >= 11 is 7.55. The minimum Gasteiger partial charge on any atom is -0.481 e. The third-order valence-corrected chi connectivity index (χ3v) is 4.11. The minimum atomic E-state index is -1.74. The van der Waals surface area contributed by atoms with Crippen LogP contribution in [0, 0.1) is 0 Å². The van der Waals surface area contributed by atoms with Crippen LogP contribution in [0.1, 0.15) is 12.8 Å². The number of carbonyl (C=O) groups excluding carboxylic acids is 3. The van der Waals surface area contributed by atoms with E-state index < -0.39 is 72.6 Å². The summed E-state index contributed by atoms with van der Waals surface area (Å²) in [6, 6.07) is -6.02. The van der Waals surface area contributed by atoms with Crippen molar-refractivity contribution in [3.05, 3.63) is 0 Å². The Bertz CT molecular complexity index is 661. The topological polar surface area (TPSA) is 225 Å². The fourth-order valence-corrected chi connectivity index (χ4v) is 2.27. The van der Waals surface area contributed by atoms with E-state index in [-0.39, 0.29) is 11.5 Å². The lowest BCUT2D eigenvalue weighted by Gasteiger charge is -2.23. The lowest BCUT2D eigenvalue weighted by Crippen LogP contribution is -2.58. The molecule has 0 aliphatic heterocycles. The number of thiol groups is 2. The van der Waals surface area contributed by atoms with E-state index >= 15 is 0 Å². The average molecular weight is 454 g/mol. The molecule has 4 unspecified atom stereocenters. The van der Waals surface area contributed by atoms with E-state index in [1.807, 2.05) is 10.6 Å². The highest BCUT2D eigenvalue weighted by molar-refractivity contribution is 7.80. The molecule has 0 fully saturated rings. The van der Waals surface area contributed by atoms with Crippen LogP contribution in [0.25, 0.3) is 0 Å². The Hall–Kier alpha value is -2.52. The van der Waals surface area contributed by atoms with Gasteiger partial charge in [-0.2, -0.15) is 25.3 Å². The predicted molar refractivity (Wildman–Crippen MR) is 104 cm³/mol. The molecule has 3 amide bonds. The lowest BCUT2D eigenvalue weighted by atomic mass is 10.1. The number of carboxylic acids is 3. The number of nitrogens with two attached hydrogens (primary N) is 1. The first-order valence-electron chi connectivity index (χ1n) is 7.97. The molecular weight excluding hydrogens is 432 g/mol. The van der Waals surface area contributed by atoms with Gasteiger partial charge in [-0.3, -0.25) is 24.0 Å². The molecule has 0 aromatic rings. The van der Waals surface area contributed by atoms with Crippen molar-refractivity contribution in [3.63, 3.8) is 0 Å². The monoisotopic (exact) mass is 454 g/mol. The normalized spacial score (nSPS) is 14.6. The number of hydrogen-bond acceptors (Lipinski definition) is 9. The molecule has 29 heavy (non-hydrogen) atoms. The Morgan fingerprint density at radius 3 is 1.38 bits per heavy atom. The summed E-state index contributed by atoms with van der Waals surface area (Å²) < 4.78 is 0. The van der Waals surface area contributed by atoms with E-state index in [1.165, 1.54) is 0 Å². The van der Waals surface area contributed by atoms with Gasteiger partial charge in [0.25, 0.3) is 0 Å². The number of amides is 3. The Morgan fingerprint density at radius 1 is 0.690 bits per heavy atom. The molecule has 0 aliphatic carbocycles. The van der Waals surface area contributed by atoms with Crippen LogP contribution in [0.3, 0.4) is 0 Å². The molecule has 0 rings (SSSR count). The first-order valence-corrected chi connectivity index (χ1v) is 9.24. The summed E-state index contributed by atoms with van der Waals surface area (Å²) in [6.07, 6.45) is -1.81. The summed E-state index contributed by atoms with van der Waals surface area (Å²) in [5.41, 5.74) is 5.44. The molecule has 0 aliphatic rings. The van der Waals surface area contributed by atoms with E-state index in [0.29, 0.717) is 0 Å². The number of carboxylic acid groups (broad SMARTS) is 3. The largest absolute Gasteiger partial charge is 0.481 e. The maximum Gasteiger partial charge on any atom is 0.327 e. The van der Waals surface area contributed by atoms with Crippen LogP contribution in [0.4, 0.5) is 0 Å². The molecule has 0 saturated carbocycles. The van der Waals surface area contributed by atoms with Crippen molar-refractivity contribution in [2.45, 2.75) is 37.0 Å². The van der Waals surface area contributed by atoms with E-state index in [9.17, 15) is 28.8 Å².